The molecule has 4 heteroatoms. The van der Waals surface area contributed by atoms with Crippen LogP contribution in [0.3, 0.4) is 0 Å². The number of hydrogen-bond acceptors (Lipinski definition) is 3. The van der Waals surface area contributed by atoms with Crippen LogP contribution in [0.5, 0.6) is 5.75 Å². The van der Waals surface area contributed by atoms with E-state index in [-0.39, 0.29) is 11.8 Å². The molecule has 1 amide bonds. The van der Waals surface area contributed by atoms with Crippen molar-refractivity contribution in [3.8, 4) is 5.75 Å². The molecule has 1 heterocycles. The molecule has 0 saturated heterocycles. The van der Waals surface area contributed by atoms with E-state index in [4.69, 9.17) is 4.74 Å². The molecule has 1 unspecified atom stereocenters. The monoisotopic (exact) mass is 358 g/mol. The summed E-state index contributed by atoms with van der Waals surface area (Å²) in [5.74, 6) is 1.16. The lowest BCUT2D eigenvalue weighted by Gasteiger charge is -2.25. The number of carbonyl (C=O) groups is 1. The third-order valence-corrected chi connectivity index (χ3v) is 4.73. The van der Waals surface area contributed by atoms with Gasteiger partial charge in [0.2, 0.25) is 0 Å². The fourth-order valence-electron chi connectivity index (χ4n) is 3.32. The Balaban J connectivity index is 1.40. The molecule has 1 aliphatic rings. The van der Waals surface area contributed by atoms with Gasteiger partial charge in [-0.05, 0) is 42.3 Å². The summed E-state index contributed by atoms with van der Waals surface area (Å²) < 4.78 is 5.81. The summed E-state index contributed by atoms with van der Waals surface area (Å²) in [4.78, 5) is 12.8. The molecule has 0 bridgehead atoms. The van der Waals surface area contributed by atoms with Gasteiger partial charge in [-0.3, -0.25) is 4.79 Å². The van der Waals surface area contributed by atoms with Crippen LogP contribution >= 0.6 is 0 Å². The van der Waals surface area contributed by atoms with Gasteiger partial charge in [-0.1, -0.05) is 48.5 Å². The van der Waals surface area contributed by atoms with Crippen LogP contribution in [0.2, 0.25) is 0 Å². The number of carbonyl (C=O) groups excluding carboxylic acids is 1. The number of fused-ring (bicyclic) bond motifs is 1. The minimum atomic E-state index is -0.0760. The second-order valence-electron chi connectivity index (χ2n) is 6.74. The molecule has 4 rings (SSSR count). The number of benzene rings is 3. The molecule has 0 saturated carbocycles. The first-order chi connectivity index (χ1) is 13.3. The van der Waals surface area contributed by atoms with Crippen LogP contribution in [0.1, 0.15) is 15.9 Å². The number of para-hydroxylation sites is 3. The summed E-state index contributed by atoms with van der Waals surface area (Å²) in [6, 6.07) is 25.5. The van der Waals surface area contributed by atoms with E-state index in [1.165, 1.54) is 5.56 Å². The van der Waals surface area contributed by atoms with Gasteiger partial charge in [0.25, 0.3) is 5.91 Å². The Morgan fingerprint density at radius 2 is 1.67 bits per heavy atom. The largest absolute Gasteiger partial charge is 0.493 e. The van der Waals surface area contributed by atoms with Gasteiger partial charge in [-0.25, -0.2) is 0 Å². The van der Waals surface area contributed by atoms with E-state index in [2.05, 4.69) is 16.7 Å². The van der Waals surface area contributed by atoms with Gasteiger partial charge in [-0.2, -0.15) is 0 Å². The van der Waals surface area contributed by atoms with Gasteiger partial charge in [-0.15, -0.1) is 0 Å². The second-order valence-corrected chi connectivity index (χ2v) is 6.74. The smallest absolute Gasteiger partial charge is 0.253 e. The summed E-state index contributed by atoms with van der Waals surface area (Å²) >= 11 is 0. The Morgan fingerprint density at radius 1 is 0.926 bits per heavy atom. The van der Waals surface area contributed by atoms with Crippen molar-refractivity contribution < 1.29 is 9.53 Å². The van der Waals surface area contributed by atoms with Crippen LogP contribution in [0, 0.1) is 5.92 Å². The molecule has 0 aromatic heterocycles. The molecule has 136 valence electrons. The predicted molar refractivity (Wildman–Crippen MR) is 108 cm³/mol. The highest BCUT2D eigenvalue weighted by molar-refractivity contribution is 6.00. The Kier molecular flexibility index (Phi) is 5.06. The van der Waals surface area contributed by atoms with Gasteiger partial charge >= 0.3 is 0 Å². The van der Waals surface area contributed by atoms with Crippen molar-refractivity contribution in [2.75, 3.05) is 18.5 Å². The van der Waals surface area contributed by atoms with E-state index >= 15 is 0 Å². The Bertz CT molecular complexity index is 924. The van der Waals surface area contributed by atoms with Crippen LogP contribution in [0.4, 0.5) is 11.4 Å². The first-order valence-corrected chi connectivity index (χ1v) is 9.19. The normalized spacial score (nSPS) is 15.3. The van der Waals surface area contributed by atoms with E-state index in [0.717, 1.165) is 23.5 Å². The highest BCUT2D eigenvalue weighted by atomic mass is 16.5. The number of amides is 1. The summed E-state index contributed by atoms with van der Waals surface area (Å²) in [5, 5.41) is 6.39. The highest BCUT2D eigenvalue weighted by Gasteiger charge is 2.20. The fourth-order valence-corrected chi connectivity index (χ4v) is 3.32. The third kappa shape index (κ3) is 4.11. The first kappa shape index (κ1) is 17.2. The van der Waals surface area contributed by atoms with Crippen molar-refractivity contribution >= 4 is 17.3 Å². The lowest BCUT2D eigenvalue weighted by Crippen LogP contribution is -2.35. The minimum absolute atomic E-state index is 0.0760. The molecule has 2 N–H and O–H groups in total. The maximum Gasteiger partial charge on any atom is 0.253 e. The topological polar surface area (TPSA) is 50.4 Å². The molecule has 0 radical (unpaired) electrons. The van der Waals surface area contributed by atoms with Crippen molar-refractivity contribution in [2.45, 2.75) is 6.42 Å². The summed E-state index contributed by atoms with van der Waals surface area (Å²) in [7, 11) is 0. The van der Waals surface area contributed by atoms with Crippen molar-refractivity contribution in [1.29, 1.82) is 0 Å². The maximum absolute atomic E-state index is 12.8. The predicted octanol–water partition coefficient (Wildman–Crippen LogP) is 4.41. The fraction of sp³-hybridized carbons (Fsp3) is 0.174. The van der Waals surface area contributed by atoms with Gasteiger partial charge in [0.1, 0.15) is 5.75 Å². The van der Waals surface area contributed by atoms with Crippen LogP contribution in [0.15, 0.2) is 78.9 Å². The van der Waals surface area contributed by atoms with E-state index in [0.29, 0.717) is 18.7 Å². The number of ether oxygens (including phenoxy) is 1. The van der Waals surface area contributed by atoms with E-state index in [9.17, 15) is 4.79 Å². The number of rotatable bonds is 5. The number of nitrogens with one attached hydrogen (secondary N) is 2. The first-order valence-electron chi connectivity index (χ1n) is 9.19. The second kappa shape index (κ2) is 7.96. The number of hydrogen-bond donors (Lipinski definition) is 2. The van der Waals surface area contributed by atoms with Crippen molar-refractivity contribution in [1.82, 2.24) is 5.32 Å². The highest BCUT2D eigenvalue weighted by Crippen LogP contribution is 2.26. The Morgan fingerprint density at radius 3 is 2.56 bits per heavy atom. The lowest BCUT2D eigenvalue weighted by molar-refractivity contribution is 0.0940. The Labute approximate surface area is 159 Å². The van der Waals surface area contributed by atoms with Crippen molar-refractivity contribution in [2.24, 2.45) is 5.92 Å². The summed E-state index contributed by atoms with van der Waals surface area (Å²) in [5.41, 5.74) is 3.59. The molecule has 0 fully saturated rings. The average molecular weight is 358 g/mol. The van der Waals surface area contributed by atoms with E-state index < -0.39 is 0 Å². The molecule has 3 aromatic rings. The zero-order chi connectivity index (χ0) is 18.5. The molecular formula is C23H22N2O2. The summed E-state index contributed by atoms with van der Waals surface area (Å²) in [6.07, 6.45) is 0.917. The SMILES string of the molecule is O=C(NCC1COc2ccccc2C1)c1ccccc1Nc1ccccc1. The molecule has 0 aliphatic carbocycles. The van der Waals surface area contributed by atoms with Crippen molar-refractivity contribution in [3.63, 3.8) is 0 Å². The molecule has 0 spiro atoms. The molecule has 1 atom stereocenters. The maximum atomic E-state index is 12.8. The standard InChI is InChI=1S/C23H22N2O2/c26-23(24-15-17-14-18-8-4-7-13-22(18)27-16-17)20-11-5-6-12-21(20)25-19-9-2-1-3-10-19/h1-13,17,25H,14-16H2,(H,24,26). The molecular weight excluding hydrogens is 336 g/mol. The van der Waals surface area contributed by atoms with Gasteiger partial charge < -0.3 is 15.4 Å². The van der Waals surface area contributed by atoms with E-state index in [1.54, 1.807) is 0 Å². The van der Waals surface area contributed by atoms with Crippen LogP contribution in [0.25, 0.3) is 0 Å². The van der Waals surface area contributed by atoms with Gasteiger partial charge in [0.15, 0.2) is 0 Å². The van der Waals surface area contributed by atoms with Gasteiger partial charge in [0, 0.05) is 18.2 Å². The van der Waals surface area contributed by atoms with Crippen molar-refractivity contribution in [3.05, 3.63) is 90.0 Å². The Hall–Kier alpha value is -3.27. The van der Waals surface area contributed by atoms with Gasteiger partial charge in [0.05, 0.1) is 17.9 Å². The van der Waals surface area contributed by atoms with E-state index in [1.807, 2.05) is 72.8 Å². The molecule has 3 aromatic carbocycles. The van der Waals surface area contributed by atoms with Crippen LogP contribution in [-0.4, -0.2) is 19.1 Å². The molecule has 27 heavy (non-hydrogen) atoms. The number of anilines is 2. The zero-order valence-electron chi connectivity index (χ0n) is 15.0. The third-order valence-electron chi connectivity index (χ3n) is 4.73. The zero-order valence-corrected chi connectivity index (χ0v) is 15.0. The van der Waals surface area contributed by atoms with Crippen LogP contribution < -0.4 is 15.4 Å². The molecule has 4 nitrogen and oxygen atoms in total. The lowest BCUT2D eigenvalue weighted by atomic mass is 9.96. The summed E-state index contributed by atoms with van der Waals surface area (Å²) in [6.45, 7) is 1.22. The minimum Gasteiger partial charge on any atom is -0.493 e. The quantitative estimate of drug-likeness (QED) is 0.710. The van der Waals surface area contributed by atoms with Crippen LogP contribution in [-0.2, 0) is 6.42 Å². The molecule has 1 aliphatic heterocycles. The average Bonchev–Trinajstić information content (AvgIpc) is 2.73.